The first-order chi connectivity index (χ1) is 66.8. The molecule has 9 aliphatic rings. The summed E-state index contributed by atoms with van der Waals surface area (Å²) in [6, 6.07) is -18.7. The van der Waals surface area contributed by atoms with Crippen LogP contribution in [-0.2, 0) is 129 Å². The molecule has 0 radical (unpaired) electrons. The summed E-state index contributed by atoms with van der Waals surface area (Å²) in [6.07, 6.45) is -64.3. The monoisotopic (exact) mass is 2050 g/mol. The van der Waals surface area contributed by atoms with E-state index in [-0.39, 0.29) is 45.3 Å². The van der Waals surface area contributed by atoms with Crippen molar-refractivity contribution >= 4 is 88.7 Å². The second-order valence-corrected chi connectivity index (χ2v) is 36.0. The third-order valence-electron chi connectivity index (χ3n) is 25.7. The van der Waals surface area contributed by atoms with E-state index in [1.54, 1.807) is 0 Å². The van der Waals surface area contributed by atoms with E-state index in [1.807, 2.05) is 0 Å². The van der Waals surface area contributed by atoms with Crippen LogP contribution >= 0.6 is 0 Å². The number of ether oxygens (including phenoxy) is 12. The quantitative estimate of drug-likeness (QED) is 0.0270. The Balaban J connectivity index is 1.09. The average Bonchev–Trinajstić information content (AvgIpc) is 0.994. The van der Waals surface area contributed by atoms with Crippen molar-refractivity contribution in [2.75, 3.05) is 72.4 Å². The van der Waals surface area contributed by atoms with Gasteiger partial charge in [0, 0.05) is 67.1 Å². The molecule has 9 fully saturated rings. The first-order valence-corrected chi connectivity index (χ1v) is 45.7. The summed E-state index contributed by atoms with van der Waals surface area (Å²) in [5.41, 5.74) is 5.39. The van der Waals surface area contributed by atoms with Gasteiger partial charge in [0.25, 0.3) is 11.6 Å². The van der Waals surface area contributed by atoms with E-state index in [2.05, 4.69) is 47.9 Å². The Kier molecular flexibility index (Phi) is 41.6. The van der Waals surface area contributed by atoms with Crippen LogP contribution in [0.5, 0.6) is 0 Å². The molecule has 0 bridgehead atoms. The summed E-state index contributed by atoms with van der Waals surface area (Å²) in [4.78, 5) is 207. The zero-order valence-corrected chi connectivity index (χ0v) is 78.3. The van der Waals surface area contributed by atoms with Gasteiger partial charge in [0.1, 0.15) is 176 Å². The van der Waals surface area contributed by atoms with Crippen LogP contribution in [0.1, 0.15) is 107 Å². The number of aliphatic hydroxyl groups excluding tert-OH is 18. The minimum Gasteiger partial charge on any atom is -0.477 e. The lowest BCUT2D eigenvalue weighted by Gasteiger charge is -2.51. The van der Waals surface area contributed by atoms with Crippen LogP contribution in [0.3, 0.4) is 0 Å². The molecule has 0 aromatic rings. The minimum absolute atomic E-state index is 0.0131. The van der Waals surface area contributed by atoms with E-state index in [1.165, 1.54) is 23.6 Å². The molecule has 142 heavy (non-hydrogen) atoms. The predicted octanol–water partition coefficient (Wildman–Crippen LogP) is -19.1. The second-order valence-electron chi connectivity index (χ2n) is 36.0. The highest BCUT2D eigenvalue weighted by molar-refractivity contribution is 5.98. The Morgan fingerprint density at radius 2 is 0.887 bits per heavy atom. The van der Waals surface area contributed by atoms with Crippen molar-refractivity contribution in [1.82, 2.24) is 62.6 Å². The summed E-state index contributed by atoms with van der Waals surface area (Å²) >= 11 is 0. The van der Waals surface area contributed by atoms with Crippen molar-refractivity contribution in [3.63, 3.8) is 0 Å². The average molecular weight is 2050 g/mol. The highest BCUT2D eigenvalue weighted by Gasteiger charge is 2.64. The maximum atomic E-state index is 15.4. The number of hydrogen-bond acceptors (Lipinski definition) is 45. The molecular formula is C82H131N13O47. The van der Waals surface area contributed by atoms with Crippen molar-refractivity contribution in [3.8, 4) is 0 Å². The standard InChI is InChI=1S/C82H131N13O47/c1-28(68(83)120)85-71(123)38-13-10-16-94(38)74(126)39-14-11-17-95(39)73(125)29(2)86-72(124)49(92-69(121)36(21-96)91-48(111)20-84-70(122)37-12-9-15-93(37)35(8)106)30(3)132-76-53(90-34(7)105)63(138-78-61(119)67(57(115)45(25-100)134-78)142-82(80(129)130)19-41(108)51(88-32(5)103)65(140-82)55(113)43(110)23-98)58(116)47(136-76)27-131-75-52(89-33(6)104)59(117)62(46(26-101)135-75)137-77-60(118)66(56(114)44(24-99)133-77)141-81(79(127)128)18-40(107)50(87-31(4)102)64(139-81)54(112)42(109)22-97/h28-30,36-47,49-67,75-78,96-101,107-110,112-119H,9-27H2,1-8H3,(H2,83,120)(H,84,122)(H,85,123)(H,86,124)(H,87,102)(H,88,103)(H,89,104)(H,90,105)(H,91,111)(H,92,121)(H,127,128)(H,129,130)/t28?,29?,30?,36?,37?,38?,39?,40-,41-,42-,43-,44?,45?,46?,47?,49?,50-,51-,52+,53-,54-,55-,56+,57+,58+,59?,60+,61+,62-,63?,64?,65?,66?,67?,75-,76+,77+,78+,81+,82+/m1/s1. The molecule has 60 nitrogen and oxygen atoms in total. The van der Waals surface area contributed by atoms with Crippen LogP contribution < -0.4 is 53.6 Å². The molecular weight excluding hydrogens is 1920 g/mol. The van der Waals surface area contributed by atoms with Crippen LogP contribution in [0.15, 0.2) is 0 Å². The number of aliphatic hydroxyl groups is 18. The molecule has 60 heteroatoms. The molecule has 806 valence electrons. The topological polar surface area (TPSA) is 915 Å². The van der Waals surface area contributed by atoms with Gasteiger partial charge in [-0.15, -0.1) is 0 Å². The summed E-state index contributed by atoms with van der Waals surface area (Å²) in [5, 5.41) is 246. The van der Waals surface area contributed by atoms with Gasteiger partial charge < -0.3 is 227 Å². The molecule has 13 amide bonds. The Hall–Kier alpha value is -9.15. The van der Waals surface area contributed by atoms with E-state index in [0.29, 0.717) is 12.8 Å². The molecule has 9 aliphatic heterocycles. The highest BCUT2D eigenvalue weighted by Crippen LogP contribution is 2.43. The molecule has 40 atom stereocenters. The van der Waals surface area contributed by atoms with Gasteiger partial charge in [-0.1, -0.05) is 0 Å². The number of amides is 13. The van der Waals surface area contributed by atoms with Crippen molar-refractivity contribution < 1.29 is 231 Å². The molecule has 31 N–H and O–H groups in total. The van der Waals surface area contributed by atoms with Crippen molar-refractivity contribution in [3.05, 3.63) is 0 Å². The first-order valence-electron chi connectivity index (χ1n) is 45.7. The smallest absolute Gasteiger partial charge is 0.364 e. The van der Waals surface area contributed by atoms with E-state index >= 15 is 4.79 Å². The fraction of sp³-hybridized carbons (Fsp3) is 0.817. The number of carbonyl (C=O) groups excluding carboxylic acids is 13. The van der Waals surface area contributed by atoms with Gasteiger partial charge in [-0.3, -0.25) is 62.3 Å². The lowest BCUT2D eigenvalue weighted by Crippen LogP contribution is -2.71. The van der Waals surface area contributed by atoms with Gasteiger partial charge in [-0.25, -0.2) is 9.59 Å². The van der Waals surface area contributed by atoms with Gasteiger partial charge >= 0.3 is 11.9 Å². The molecule has 9 saturated heterocycles. The third kappa shape index (κ3) is 27.2. The molecule has 9 rings (SSSR count). The number of carboxylic acid groups (broad SMARTS) is 2. The van der Waals surface area contributed by atoms with E-state index in [4.69, 9.17) is 62.6 Å². The summed E-state index contributed by atoms with van der Waals surface area (Å²) in [6.45, 7) is -1.58. The Morgan fingerprint density at radius 3 is 1.35 bits per heavy atom. The van der Waals surface area contributed by atoms with Crippen LogP contribution in [0, 0.1) is 0 Å². The molecule has 0 aliphatic carbocycles. The van der Waals surface area contributed by atoms with Gasteiger partial charge in [0.15, 0.2) is 25.2 Å². The normalized spacial score (nSPS) is 36.2. The van der Waals surface area contributed by atoms with Crippen molar-refractivity contribution in [2.24, 2.45) is 5.73 Å². The van der Waals surface area contributed by atoms with E-state index in [0.717, 1.165) is 46.4 Å². The molecule has 0 saturated carbocycles. The second kappa shape index (κ2) is 50.8. The SMILES string of the molecule is CC(=O)N[C@@H]1C(O[C@@H]2OC(CO)[C@H](O)C(O[C@]3(C(=O)O)C[C@@H](O)[C@@H](NC(C)=O)C([C@H](O)[C@H](O)CO)O3)[C@@H]2O)[C@@H](O)C(CO[C@@H]2OC(CO)[C@@H](O[C@@H]3OC(CO)[C@H](O)C(O[C@]4(C(=O)O)C[C@@H](O)[C@@H](NC(C)=O)C([C@H](O)[C@H](O)CO)O4)[C@@H]3O)C(O)[C@@H]2NC(C)=O)O[C@@H]1OC(C)C(NC(=O)C(CO)NC(=O)CNC(=O)C1CCCN1C(C)=O)C(=O)NC(C)C(=O)N1CCCC1C(=O)N1CCCC1C(=O)NC(C)C(N)=O. The lowest BCUT2D eigenvalue weighted by atomic mass is 9.88. The van der Waals surface area contributed by atoms with Gasteiger partial charge in [0.2, 0.25) is 76.8 Å². The molecule has 9 heterocycles. The molecule has 18 unspecified atom stereocenters. The van der Waals surface area contributed by atoms with Gasteiger partial charge in [0.05, 0.1) is 83.2 Å². The van der Waals surface area contributed by atoms with Crippen molar-refractivity contribution in [1.29, 1.82) is 0 Å². The number of carbonyl (C=O) groups is 15. The lowest BCUT2D eigenvalue weighted by molar-refractivity contribution is -0.385. The number of nitrogens with two attached hydrogens (primary N) is 1. The first kappa shape index (κ1) is 116. The van der Waals surface area contributed by atoms with E-state index < -0.39 is 398 Å². The molecule has 0 aromatic carbocycles. The van der Waals surface area contributed by atoms with Gasteiger partial charge in [-0.05, 0) is 59.3 Å². The summed E-state index contributed by atoms with van der Waals surface area (Å²) in [5.74, 6) is -23.8. The molecule has 0 aromatic heterocycles. The maximum Gasteiger partial charge on any atom is 0.364 e. The summed E-state index contributed by atoms with van der Waals surface area (Å²) < 4.78 is 72.3. The minimum atomic E-state index is -3.45. The van der Waals surface area contributed by atoms with Crippen molar-refractivity contribution in [2.45, 2.75) is 350 Å². The fourth-order valence-corrected chi connectivity index (χ4v) is 18.4. The van der Waals surface area contributed by atoms with Crippen LogP contribution in [0.25, 0.3) is 0 Å². The number of nitrogens with zero attached hydrogens (tertiary/aromatic N) is 3. The fourth-order valence-electron chi connectivity index (χ4n) is 18.4. The maximum absolute atomic E-state index is 15.4. The van der Waals surface area contributed by atoms with Crippen LogP contribution in [-0.4, -0.2) is 522 Å². The number of nitrogens with one attached hydrogen (secondary N) is 9. The third-order valence-corrected chi connectivity index (χ3v) is 25.7. The van der Waals surface area contributed by atoms with Crippen LogP contribution in [0.2, 0.25) is 0 Å². The van der Waals surface area contributed by atoms with Crippen LogP contribution in [0.4, 0.5) is 0 Å². The Labute approximate surface area is 807 Å². The Morgan fingerprint density at radius 1 is 0.451 bits per heavy atom. The number of carboxylic acids is 2. The Bertz CT molecular complexity index is 4390. The zero-order valence-electron chi connectivity index (χ0n) is 78.3. The largest absolute Gasteiger partial charge is 0.477 e. The van der Waals surface area contributed by atoms with E-state index in [9.17, 15) is 169 Å². The predicted molar refractivity (Wildman–Crippen MR) is 457 cm³/mol. The molecule has 0 spiro atoms. The zero-order chi connectivity index (χ0) is 106. The highest BCUT2D eigenvalue weighted by atomic mass is 16.8. The summed E-state index contributed by atoms with van der Waals surface area (Å²) in [7, 11) is 0. The number of likely N-dealkylation sites (tertiary alicyclic amines) is 3. The number of rotatable bonds is 43. The van der Waals surface area contributed by atoms with Gasteiger partial charge in [-0.2, -0.15) is 0 Å². The number of primary amides is 1. The number of aliphatic carboxylic acids is 2. The number of hydrogen-bond donors (Lipinski definition) is 30.